The van der Waals surface area contributed by atoms with Gasteiger partial charge in [0.05, 0.1) is 5.76 Å². The second-order valence-electron chi connectivity index (χ2n) is 6.32. The molecule has 6 heteroatoms. The number of ether oxygens (including phenoxy) is 1. The quantitative estimate of drug-likeness (QED) is 0.218. The van der Waals surface area contributed by atoms with E-state index in [9.17, 15) is 5.11 Å². The van der Waals surface area contributed by atoms with Crippen LogP contribution in [0, 0.1) is 12.3 Å². The molecule has 0 saturated carbocycles. The van der Waals surface area contributed by atoms with Crippen molar-refractivity contribution in [3.05, 3.63) is 74.9 Å². The highest BCUT2D eigenvalue weighted by atomic mass is 79.9. The van der Waals surface area contributed by atoms with Gasteiger partial charge in [-0.2, -0.15) is 0 Å². The van der Waals surface area contributed by atoms with Crippen LogP contribution in [0.4, 0.5) is 5.69 Å². The summed E-state index contributed by atoms with van der Waals surface area (Å²) in [4.78, 5) is 0. The van der Waals surface area contributed by atoms with Crippen LogP contribution >= 0.6 is 31.9 Å². The SMILES string of the molecule is C/C(=C\C=C/C=N)OCC(O)CNc1ccc(Br)cc1-c1cc(Br)ccc1C. The van der Waals surface area contributed by atoms with E-state index in [0.717, 1.165) is 25.8 Å². The van der Waals surface area contributed by atoms with Crippen LogP contribution < -0.4 is 5.32 Å². The second-order valence-corrected chi connectivity index (χ2v) is 8.16. The average Bonchev–Trinajstić information content (AvgIpc) is 2.67. The van der Waals surface area contributed by atoms with E-state index >= 15 is 0 Å². The van der Waals surface area contributed by atoms with Crippen LogP contribution in [0.15, 0.2) is 69.3 Å². The molecule has 28 heavy (non-hydrogen) atoms. The predicted octanol–water partition coefficient (Wildman–Crippen LogP) is 6.09. The van der Waals surface area contributed by atoms with Gasteiger partial charge in [0.25, 0.3) is 0 Å². The van der Waals surface area contributed by atoms with Crippen molar-refractivity contribution in [2.24, 2.45) is 0 Å². The van der Waals surface area contributed by atoms with E-state index in [-0.39, 0.29) is 6.61 Å². The first kappa shape index (κ1) is 22.4. The van der Waals surface area contributed by atoms with E-state index in [1.54, 1.807) is 18.2 Å². The molecule has 0 aliphatic carbocycles. The Morgan fingerprint density at radius 2 is 1.82 bits per heavy atom. The second kappa shape index (κ2) is 11.2. The lowest BCUT2D eigenvalue weighted by Gasteiger charge is -2.18. The van der Waals surface area contributed by atoms with Crippen molar-refractivity contribution < 1.29 is 9.84 Å². The maximum Gasteiger partial charge on any atom is 0.115 e. The normalized spacial score (nSPS) is 12.8. The minimum atomic E-state index is -0.657. The molecule has 2 aromatic carbocycles. The lowest BCUT2D eigenvalue weighted by atomic mass is 9.99. The van der Waals surface area contributed by atoms with E-state index in [0.29, 0.717) is 12.3 Å². The van der Waals surface area contributed by atoms with E-state index in [1.807, 2.05) is 25.1 Å². The number of rotatable bonds is 9. The van der Waals surface area contributed by atoms with Gasteiger partial charge in [-0.05, 0) is 67.5 Å². The van der Waals surface area contributed by atoms with Gasteiger partial charge in [0.1, 0.15) is 12.7 Å². The van der Waals surface area contributed by atoms with Crippen LogP contribution in [0.2, 0.25) is 0 Å². The van der Waals surface area contributed by atoms with Crippen molar-refractivity contribution in [1.29, 1.82) is 5.41 Å². The first-order chi connectivity index (χ1) is 13.4. The molecule has 0 aromatic heterocycles. The molecule has 0 spiro atoms. The summed E-state index contributed by atoms with van der Waals surface area (Å²) in [5.41, 5.74) is 4.31. The Morgan fingerprint density at radius 3 is 2.54 bits per heavy atom. The smallest absolute Gasteiger partial charge is 0.115 e. The molecule has 0 bridgehead atoms. The highest BCUT2D eigenvalue weighted by molar-refractivity contribution is 9.10. The number of anilines is 1. The van der Waals surface area contributed by atoms with Crippen LogP contribution in [0.5, 0.6) is 0 Å². The molecule has 2 rings (SSSR count). The molecule has 2 aromatic rings. The standard InChI is InChI=1S/C22H24Br2N2O2/c1-15-6-7-17(23)11-20(15)21-12-18(24)8-9-22(21)26-13-19(27)14-28-16(2)5-3-4-10-25/h3-12,19,25-27H,13-14H2,1-2H3/b4-3-,16-5+,25-10?. The van der Waals surface area contributed by atoms with Gasteiger partial charge < -0.3 is 20.6 Å². The number of aryl methyl sites for hydroxylation is 1. The van der Waals surface area contributed by atoms with Crippen molar-refractivity contribution in [3.8, 4) is 11.1 Å². The van der Waals surface area contributed by atoms with E-state index in [2.05, 4.69) is 62.3 Å². The molecular weight excluding hydrogens is 484 g/mol. The summed E-state index contributed by atoms with van der Waals surface area (Å²) in [5, 5.41) is 20.5. The fourth-order valence-electron chi connectivity index (χ4n) is 2.59. The van der Waals surface area contributed by atoms with Crippen molar-refractivity contribution in [1.82, 2.24) is 0 Å². The number of hydrogen-bond acceptors (Lipinski definition) is 4. The van der Waals surface area contributed by atoms with E-state index in [4.69, 9.17) is 10.1 Å². The van der Waals surface area contributed by atoms with Gasteiger partial charge in [0.15, 0.2) is 0 Å². The van der Waals surface area contributed by atoms with Crippen molar-refractivity contribution in [3.63, 3.8) is 0 Å². The van der Waals surface area contributed by atoms with Gasteiger partial charge in [-0.3, -0.25) is 0 Å². The largest absolute Gasteiger partial charge is 0.495 e. The maximum absolute atomic E-state index is 10.3. The van der Waals surface area contributed by atoms with Crippen LogP contribution in [-0.4, -0.2) is 30.6 Å². The Balaban J connectivity index is 2.06. The van der Waals surface area contributed by atoms with Crippen LogP contribution in [0.1, 0.15) is 12.5 Å². The Hall–Kier alpha value is -1.89. The fraction of sp³-hybridized carbons (Fsp3) is 0.227. The monoisotopic (exact) mass is 506 g/mol. The topological polar surface area (TPSA) is 65.3 Å². The Bertz CT molecular complexity index is 879. The Labute approximate surface area is 183 Å². The predicted molar refractivity (Wildman–Crippen MR) is 124 cm³/mol. The number of aliphatic hydroxyl groups excluding tert-OH is 1. The third-order valence-electron chi connectivity index (χ3n) is 4.04. The zero-order chi connectivity index (χ0) is 20.5. The van der Waals surface area contributed by atoms with Gasteiger partial charge in [0, 0.05) is 33.0 Å². The Kier molecular flexibility index (Phi) is 8.96. The molecule has 1 atom stereocenters. The molecule has 3 N–H and O–H groups in total. The number of benzene rings is 2. The third-order valence-corrected chi connectivity index (χ3v) is 5.03. The summed E-state index contributed by atoms with van der Waals surface area (Å²) in [6, 6.07) is 12.2. The number of nitrogens with one attached hydrogen (secondary N) is 2. The molecule has 0 amide bonds. The summed E-state index contributed by atoms with van der Waals surface area (Å²) in [7, 11) is 0. The fourth-order valence-corrected chi connectivity index (χ4v) is 3.31. The molecule has 1 unspecified atom stereocenters. The van der Waals surface area contributed by atoms with Crippen LogP contribution in [0.25, 0.3) is 11.1 Å². The maximum atomic E-state index is 10.3. The van der Waals surface area contributed by atoms with E-state index in [1.165, 1.54) is 11.8 Å². The van der Waals surface area contributed by atoms with Gasteiger partial charge in [-0.15, -0.1) is 0 Å². The molecule has 0 aliphatic rings. The van der Waals surface area contributed by atoms with Gasteiger partial charge in [0.2, 0.25) is 0 Å². The van der Waals surface area contributed by atoms with Gasteiger partial charge in [-0.1, -0.05) is 44.0 Å². The average molecular weight is 508 g/mol. The first-order valence-corrected chi connectivity index (χ1v) is 10.4. The zero-order valence-corrected chi connectivity index (χ0v) is 19.0. The lowest BCUT2D eigenvalue weighted by molar-refractivity contribution is 0.0804. The molecule has 0 heterocycles. The number of allylic oxidation sites excluding steroid dienone is 4. The molecule has 0 fully saturated rings. The number of aliphatic hydroxyl groups is 1. The lowest BCUT2D eigenvalue weighted by Crippen LogP contribution is -2.24. The van der Waals surface area contributed by atoms with Crippen molar-refractivity contribution in [2.75, 3.05) is 18.5 Å². The Morgan fingerprint density at radius 1 is 1.14 bits per heavy atom. The number of hydrogen-bond donors (Lipinski definition) is 3. The molecular formula is C22H24Br2N2O2. The zero-order valence-electron chi connectivity index (χ0n) is 15.9. The first-order valence-electron chi connectivity index (χ1n) is 8.85. The summed E-state index contributed by atoms with van der Waals surface area (Å²) in [5.74, 6) is 0.686. The molecule has 148 valence electrons. The summed E-state index contributed by atoms with van der Waals surface area (Å²) in [6.45, 7) is 4.45. The minimum Gasteiger partial charge on any atom is -0.495 e. The van der Waals surface area contributed by atoms with Crippen molar-refractivity contribution in [2.45, 2.75) is 20.0 Å². The van der Waals surface area contributed by atoms with Gasteiger partial charge >= 0.3 is 0 Å². The highest BCUT2D eigenvalue weighted by Gasteiger charge is 2.11. The molecule has 0 radical (unpaired) electrons. The molecule has 0 aliphatic heterocycles. The number of halogens is 2. The minimum absolute atomic E-state index is 0.190. The summed E-state index contributed by atoms with van der Waals surface area (Å²) >= 11 is 7.09. The highest BCUT2D eigenvalue weighted by Crippen LogP contribution is 2.34. The summed E-state index contributed by atoms with van der Waals surface area (Å²) < 4.78 is 7.55. The van der Waals surface area contributed by atoms with Crippen molar-refractivity contribution >= 4 is 43.8 Å². The summed E-state index contributed by atoms with van der Waals surface area (Å²) in [6.07, 6.45) is 5.63. The molecule has 0 saturated heterocycles. The van der Waals surface area contributed by atoms with Crippen LogP contribution in [0.3, 0.4) is 0 Å². The third kappa shape index (κ3) is 6.93. The van der Waals surface area contributed by atoms with Gasteiger partial charge in [-0.25, -0.2) is 0 Å². The molecule has 4 nitrogen and oxygen atoms in total. The van der Waals surface area contributed by atoms with E-state index < -0.39 is 6.10 Å². The van der Waals surface area contributed by atoms with Crippen LogP contribution in [-0.2, 0) is 4.74 Å².